The van der Waals surface area contributed by atoms with Gasteiger partial charge in [-0.3, -0.25) is 4.79 Å². The number of carbonyl (C=O) groups is 1. The zero-order valence-electron chi connectivity index (χ0n) is 16.7. The molecule has 0 saturated carbocycles. The molecule has 146 valence electrons. The third kappa shape index (κ3) is 4.90. The molecule has 1 saturated heterocycles. The summed E-state index contributed by atoms with van der Waals surface area (Å²) in [6.45, 7) is 11.8. The van der Waals surface area contributed by atoms with Gasteiger partial charge in [-0.05, 0) is 37.1 Å². The third-order valence-corrected chi connectivity index (χ3v) is 5.77. The molecule has 0 N–H and O–H groups in total. The number of carbonyl (C=O) groups excluding carboxylic acids is 1. The maximum Gasteiger partial charge on any atom is 0.277 e. The summed E-state index contributed by atoms with van der Waals surface area (Å²) >= 11 is 1.32. The standard InChI is InChI=1S/C20H28N4O2S/c1-14(18(25)24-12-10-23(5)11-13-24)27-19-22-21-17(26-19)15-6-8-16(9-7-15)20(2,3)4/h6-9,14H,10-13H2,1-5H3/t14-/m1/s1. The van der Waals surface area contributed by atoms with Crippen LogP contribution in [-0.2, 0) is 10.2 Å². The summed E-state index contributed by atoms with van der Waals surface area (Å²) in [5.74, 6) is 0.611. The predicted octanol–water partition coefficient (Wildman–Crippen LogP) is 3.29. The molecule has 1 amide bonds. The number of amides is 1. The van der Waals surface area contributed by atoms with Crippen molar-refractivity contribution in [1.29, 1.82) is 0 Å². The lowest BCUT2D eigenvalue weighted by molar-refractivity contribution is -0.131. The van der Waals surface area contributed by atoms with Crippen molar-refractivity contribution in [3.63, 3.8) is 0 Å². The van der Waals surface area contributed by atoms with Gasteiger partial charge in [-0.15, -0.1) is 10.2 Å². The number of nitrogens with zero attached hydrogens (tertiary/aromatic N) is 4. The molecule has 0 aliphatic carbocycles. The molecule has 0 radical (unpaired) electrons. The third-order valence-electron chi connectivity index (χ3n) is 4.84. The van der Waals surface area contributed by atoms with E-state index in [1.807, 2.05) is 24.0 Å². The van der Waals surface area contributed by atoms with Crippen molar-refractivity contribution in [2.45, 2.75) is 43.6 Å². The molecule has 1 aromatic heterocycles. The van der Waals surface area contributed by atoms with Crippen molar-refractivity contribution in [3.05, 3.63) is 29.8 Å². The van der Waals surface area contributed by atoms with Crippen LogP contribution in [0.4, 0.5) is 0 Å². The molecular formula is C20H28N4O2S. The smallest absolute Gasteiger partial charge is 0.277 e. The highest BCUT2D eigenvalue weighted by atomic mass is 32.2. The Bertz CT molecular complexity index is 774. The van der Waals surface area contributed by atoms with Gasteiger partial charge in [0.1, 0.15) is 0 Å². The average molecular weight is 389 g/mol. The van der Waals surface area contributed by atoms with Crippen LogP contribution >= 0.6 is 11.8 Å². The molecule has 1 aromatic carbocycles. The lowest BCUT2D eigenvalue weighted by Crippen LogP contribution is -2.49. The maximum absolute atomic E-state index is 12.6. The lowest BCUT2D eigenvalue weighted by Gasteiger charge is -2.33. The van der Waals surface area contributed by atoms with Crippen LogP contribution in [-0.4, -0.2) is 64.4 Å². The Morgan fingerprint density at radius 2 is 1.74 bits per heavy atom. The summed E-state index contributed by atoms with van der Waals surface area (Å²) in [6.07, 6.45) is 0. The maximum atomic E-state index is 12.6. The van der Waals surface area contributed by atoms with E-state index in [0.29, 0.717) is 11.1 Å². The van der Waals surface area contributed by atoms with Crippen LogP contribution in [0.2, 0.25) is 0 Å². The van der Waals surface area contributed by atoms with E-state index in [4.69, 9.17) is 4.42 Å². The van der Waals surface area contributed by atoms with E-state index >= 15 is 0 Å². The molecule has 3 rings (SSSR count). The highest BCUT2D eigenvalue weighted by Gasteiger charge is 2.26. The van der Waals surface area contributed by atoms with Gasteiger partial charge in [0, 0.05) is 31.7 Å². The van der Waals surface area contributed by atoms with Gasteiger partial charge in [-0.25, -0.2) is 0 Å². The minimum atomic E-state index is -0.245. The van der Waals surface area contributed by atoms with E-state index in [0.717, 1.165) is 31.7 Å². The average Bonchev–Trinajstić information content (AvgIpc) is 3.09. The van der Waals surface area contributed by atoms with Gasteiger partial charge >= 0.3 is 0 Å². The SMILES string of the molecule is C[C@@H](Sc1nnc(-c2ccc(C(C)(C)C)cc2)o1)C(=O)N1CCN(C)CC1. The zero-order valence-corrected chi connectivity index (χ0v) is 17.5. The van der Waals surface area contributed by atoms with Gasteiger partial charge < -0.3 is 14.2 Å². The van der Waals surface area contributed by atoms with Gasteiger partial charge in [0.05, 0.1) is 5.25 Å². The Morgan fingerprint density at radius 1 is 1.11 bits per heavy atom. The van der Waals surface area contributed by atoms with Crippen molar-refractivity contribution in [1.82, 2.24) is 20.0 Å². The highest BCUT2D eigenvalue weighted by Crippen LogP contribution is 2.29. The second kappa shape index (κ2) is 8.02. The van der Waals surface area contributed by atoms with E-state index in [1.165, 1.54) is 17.3 Å². The van der Waals surface area contributed by atoms with Crippen LogP contribution in [0.1, 0.15) is 33.3 Å². The number of hydrogen-bond donors (Lipinski definition) is 0. The van der Waals surface area contributed by atoms with Gasteiger partial charge in [-0.1, -0.05) is 44.7 Å². The number of benzene rings is 1. The van der Waals surface area contributed by atoms with Gasteiger partial charge in [0.2, 0.25) is 11.8 Å². The number of aromatic nitrogens is 2. The Labute approximate surface area is 165 Å². The Kier molecular flexibility index (Phi) is 5.91. The molecule has 0 bridgehead atoms. The van der Waals surface area contributed by atoms with Gasteiger partial charge in [-0.2, -0.15) is 0 Å². The van der Waals surface area contributed by atoms with Crippen molar-refractivity contribution >= 4 is 17.7 Å². The minimum Gasteiger partial charge on any atom is -0.411 e. The highest BCUT2D eigenvalue weighted by molar-refractivity contribution is 8.00. The molecule has 2 aromatic rings. The Hall–Kier alpha value is -1.86. The summed E-state index contributed by atoms with van der Waals surface area (Å²) in [5.41, 5.74) is 2.25. The molecule has 0 unspecified atom stereocenters. The molecule has 7 heteroatoms. The molecule has 2 heterocycles. The predicted molar refractivity (Wildman–Crippen MR) is 108 cm³/mol. The molecular weight excluding hydrogens is 360 g/mol. The number of rotatable bonds is 4. The number of thioether (sulfide) groups is 1. The number of likely N-dealkylation sites (N-methyl/N-ethyl adjacent to an activating group) is 1. The Balaban J connectivity index is 1.63. The molecule has 1 fully saturated rings. The molecule has 1 aliphatic heterocycles. The fraction of sp³-hybridized carbons (Fsp3) is 0.550. The van der Waals surface area contributed by atoms with Crippen molar-refractivity contribution < 1.29 is 9.21 Å². The molecule has 1 atom stereocenters. The van der Waals surface area contributed by atoms with E-state index in [9.17, 15) is 4.79 Å². The van der Waals surface area contributed by atoms with E-state index < -0.39 is 0 Å². The van der Waals surface area contributed by atoms with Crippen molar-refractivity contribution in [3.8, 4) is 11.5 Å². The topological polar surface area (TPSA) is 62.5 Å². The first-order valence-corrected chi connectivity index (χ1v) is 10.2. The van der Waals surface area contributed by atoms with Crippen LogP contribution in [0, 0.1) is 0 Å². The summed E-state index contributed by atoms with van der Waals surface area (Å²) < 4.78 is 5.78. The van der Waals surface area contributed by atoms with Gasteiger partial charge in [0.25, 0.3) is 5.22 Å². The second-order valence-corrected chi connectivity index (χ2v) is 9.38. The normalized spacial score (nSPS) is 17.1. The van der Waals surface area contributed by atoms with Gasteiger partial charge in [0.15, 0.2) is 0 Å². The first-order valence-electron chi connectivity index (χ1n) is 9.32. The van der Waals surface area contributed by atoms with Crippen LogP contribution in [0.15, 0.2) is 33.9 Å². The van der Waals surface area contributed by atoms with Crippen LogP contribution < -0.4 is 0 Å². The fourth-order valence-corrected chi connectivity index (χ4v) is 3.74. The molecule has 1 aliphatic rings. The lowest BCUT2D eigenvalue weighted by atomic mass is 9.87. The summed E-state index contributed by atoms with van der Waals surface area (Å²) in [6, 6.07) is 8.18. The van der Waals surface area contributed by atoms with Crippen LogP contribution in [0.3, 0.4) is 0 Å². The zero-order chi connectivity index (χ0) is 19.6. The summed E-state index contributed by atoms with van der Waals surface area (Å²) in [4.78, 5) is 16.8. The van der Waals surface area contributed by atoms with E-state index in [2.05, 4.69) is 55.0 Å². The number of piperazine rings is 1. The first-order chi connectivity index (χ1) is 12.7. The summed E-state index contributed by atoms with van der Waals surface area (Å²) in [5, 5.41) is 8.44. The first kappa shape index (κ1) is 19.9. The van der Waals surface area contributed by atoms with Crippen molar-refractivity contribution in [2.24, 2.45) is 0 Å². The van der Waals surface area contributed by atoms with Crippen LogP contribution in [0.5, 0.6) is 0 Å². The molecule has 0 spiro atoms. The summed E-state index contributed by atoms with van der Waals surface area (Å²) in [7, 11) is 2.08. The molecule has 27 heavy (non-hydrogen) atoms. The quantitative estimate of drug-likeness (QED) is 0.749. The monoisotopic (exact) mass is 388 g/mol. The Morgan fingerprint density at radius 3 is 2.33 bits per heavy atom. The van der Waals surface area contributed by atoms with Crippen LogP contribution in [0.25, 0.3) is 11.5 Å². The fourth-order valence-electron chi connectivity index (χ4n) is 2.97. The van der Waals surface area contributed by atoms with Crippen molar-refractivity contribution in [2.75, 3.05) is 33.2 Å². The van der Waals surface area contributed by atoms with E-state index in [1.54, 1.807) is 0 Å². The minimum absolute atomic E-state index is 0.105. The van der Waals surface area contributed by atoms with E-state index in [-0.39, 0.29) is 16.6 Å². The number of hydrogen-bond acceptors (Lipinski definition) is 6. The second-order valence-electron chi connectivity index (χ2n) is 8.09. The largest absolute Gasteiger partial charge is 0.411 e. The molecule has 6 nitrogen and oxygen atoms in total.